The second-order valence-corrected chi connectivity index (χ2v) is 16.7. The highest BCUT2D eigenvalue weighted by Gasteiger charge is 2.40. The SMILES string of the molecule is Cc1sc2c(c1C)C(c1ccc(Cl)cc1)=N[C@@H](CC(=O)N1CCN(CC(=O)CCCNc3cccc4c3CN(C3CCC(=O)NC3=O)C4=O)CC1)c1nnc(C)n1-2. The summed E-state index contributed by atoms with van der Waals surface area (Å²) in [5, 5.41) is 16.3. The third kappa shape index (κ3) is 7.63. The van der Waals surface area contributed by atoms with Crippen LogP contribution in [-0.4, -0.2) is 110 Å². The molecule has 0 spiro atoms. The van der Waals surface area contributed by atoms with E-state index in [-0.39, 0.29) is 42.9 Å². The van der Waals surface area contributed by atoms with E-state index in [9.17, 15) is 24.0 Å². The van der Waals surface area contributed by atoms with E-state index in [2.05, 4.69) is 44.1 Å². The number of ketones is 1. The van der Waals surface area contributed by atoms with E-state index in [1.165, 1.54) is 9.78 Å². The molecule has 4 aliphatic heterocycles. The monoisotopic (exact) mass is 809 g/mol. The van der Waals surface area contributed by atoms with E-state index in [4.69, 9.17) is 16.6 Å². The number of aromatic nitrogens is 3. The van der Waals surface area contributed by atoms with Crippen molar-refractivity contribution in [2.45, 2.75) is 71.5 Å². The highest BCUT2D eigenvalue weighted by Crippen LogP contribution is 2.40. The second-order valence-electron chi connectivity index (χ2n) is 15.1. The topological polar surface area (TPSA) is 162 Å². The van der Waals surface area contributed by atoms with Gasteiger partial charge >= 0.3 is 0 Å². The third-order valence-corrected chi connectivity index (χ3v) is 12.8. The number of thiophene rings is 1. The number of amides is 4. The molecule has 0 radical (unpaired) electrons. The van der Waals surface area contributed by atoms with Crippen LogP contribution in [0.25, 0.3) is 5.00 Å². The number of rotatable bonds is 11. The van der Waals surface area contributed by atoms with Gasteiger partial charge in [0.1, 0.15) is 28.7 Å². The predicted molar refractivity (Wildman–Crippen MR) is 216 cm³/mol. The predicted octanol–water partition coefficient (Wildman–Crippen LogP) is 4.56. The molecule has 1 unspecified atom stereocenters. The van der Waals surface area contributed by atoms with Gasteiger partial charge in [-0.1, -0.05) is 29.8 Å². The lowest BCUT2D eigenvalue weighted by Crippen LogP contribution is -2.52. The van der Waals surface area contributed by atoms with E-state index in [0.717, 1.165) is 44.5 Å². The number of aliphatic imine (C=N–C) groups is 1. The number of carbonyl (C=O) groups is 5. The zero-order chi connectivity index (χ0) is 40.0. The van der Waals surface area contributed by atoms with Gasteiger partial charge in [0.05, 0.1) is 18.7 Å². The Morgan fingerprint density at radius 2 is 1.77 bits per heavy atom. The van der Waals surface area contributed by atoms with Crippen LogP contribution < -0.4 is 10.6 Å². The molecule has 16 heteroatoms. The number of Topliss-reactive ketones (excluding diaryl/α,β-unsaturated/α-hetero) is 1. The smallest absolute Gasteiger partial charge is 0.255 e. The Morgan fingerprint density at radius 3 is 2.53 bits per heavy atom. The van der Waals surface area contributed by atoms with Crippen LogP contribution in [0.15, 0.2) is 47.5 Å². The van der Waals surface area contributed by atoms with Gasteiger partial charge in [-0.05, 0) is 63.4 Å². The fourth-order valence-corrected chi connectivity index (χ4v) is 9.51. The number of nitrogens with one attached hydrogen (secondary N) is 2. The van der Waals surface area contributed by atoms with Crippen LogP contribution in [0.2, 0.25) is 5.02 Å². The number of piperazine rings is 1. The van der Waals surface area contributed by atoms with Crippen molar-refractivity contribution in [1.82, 2.24) is 34.8 Å². The quantitative estimate of drug-likeness (QED) is 0.164. The maximum Gasteiger partial charge on any atom is 0.255 e. The minimum atomic E-state index is -0.672. The summed E-state index contributed by atoms with van der Waals surface area (Å²) < 4.78 is 2.05. The van der Waals surface area contributed by atoms with Crippen LogP contribution in [0.5, 0.6) is 0 Å². The normalized spacial score (nSPS) is 19.4. The van der Waals surface area contributed by atoms with Gasteiger partial charge in [-0.2, -0.15) is 0 Å². The molecule has 4 aromatic rings. The highest BCUT2D eigenvalue weighted by atomic mass is 35.5. The fraction of sp³-hybridized carbons (Fsp3) is 0.415. The van der Waals surface area contributed by atoms with E-state index >= 15 is 0 Å². The first-order chi connectivity index (χ1) is 27.5. The summed E-state index contributed by atoms with van der Waals surface area (Å²) in [6.45, 7) is 9.48. The number of anilines is 1. The molecule has 4 aliphatic rings. The first-order valence-corrected chi connectivity index (χ1v) is 20.5. The first kappa shape index (κ1) is 38.6. The standard InChI is InChI=1S/C41H44ClN9O5S/c1-23-24(2)57-41-36(23)37(26-9-11-27(42)12-10-26)44-32(38-47-46-25(3)51(38)41)20-35(54)49-18-16-48(17-19-49)21-28(52)6-5-15-43-31-8-4-7-29-30(31)22-50(40(29)56)33-13-14-34(53)45-39(33)55/h4,7-12,32-33,43H,5-6,13-22H2,1-3H3,(H,45,53,55)/t32-,33?/m0/s1. The molecule has 14 nitrogen and oxygen atoms in total. The van der Waals surface area contributed by atoms with E-state index < -0.39 is 18.0 Å². The van der Waals surface area contributed by atoms with Crippen molar-refractivity contribution in [3.8, 4) is 5.00 Å². The highest BCUT2D eigenvalue weighted by molar-refractivity contribution is 7.15. The van der Waals surface area contributed by atoms with Crippen molar-refractivity contribution in [2.75, 3.05) is 44.6 Å². The Kier molecular flexibility index (Phi) is 10.8. The van der Waals surface area contributed by atoms with Gasteiger partial charge in [0.25, 0.3) is 5.91 Å². The van der Waals surface area contributed by atoms with Crippen LogP contribution in [0.3, 0.4) is 0 Å². The van der Waals surface area contributed by atoms with Crippen molar-refractivity contribution in [3.05, 3.63) is 91.8 Å². The van der Waals surface area contributed by atoms with Crippen molar-refractivity contribution < 1.29 is 24.0 Å². The fourth-order valence-electron chi connectivity index (χ4n) is 8.17. The van der Waals surface area contributed by atoms with Crippen LogP contribution in [-0.2, 0) is 25.7 Å². The Bertz CT molecular complexity index is 2310. The largest absolute Gasteiger partial charge is 0.385 e. The Morgan fingerprint density at radius 1 is 1.00 bits per heavy atom. The lowest BCUT2D eigenvalue weighted by molar-refractivity contribution is -0.137. The number of benzene rings is 2. The average Bonchev–Trinajstić information content (AvgIpc) is 3.81. The minimum Gasteiger partial charge on any atom is -0.385 e. The number of piperidine rings is 1. The molecule has 57 heavy (non-hydrogen) atoms. The molecule has 2 atom stereocenters. The molecule has 0 saturated carbocycles. The minimum absolute atomic E-state index is 0.0176. The molecule has 296 valence electrons. The summed E-state index contributed by atoms with van der Waals surface area (Å²) in [6, 6.07) is 11.9. The van der Waals surface area contributed by atoms with Gasteiger partial charge < -0.3 is 15.1 Å². The van der Waals surface area contributed by atoms with E-state index in [0.29, 0.717) is 74.9 Å². The number of carbonyl (C=O) groups excluding carboxylic acids is 5. The molecule has 2 aromatic carbocycles. The van der Waals surface area contributed by atoms with Gasteiger partial charge in [0, 0.05) is 90.0 Å². The summed E-state index contributed by atoms with van der Waals surface area (Å²) in [5.41, 5.74) is 6.05. The molecular weight excluding hydrogens is 766 g/mol. The third-order valence-electron chi connectivity index (χ3n) is 11.4. The average molecular weight is 810 g/mol. The number of hydrogen-bond donors (Lipinski definition) is 2. The number of nitrogens with zero attached hydrogens (tertiary/aromatic N) is 7. The summed E-state index contributed by atoms with van der Waals surface area (Å²) in [5.74, 6) is 0.520. The molecule has 2 fully saturated rings. The van der Waals surface area contributed by atoms with Crippen molar-refractivity contribution in [3.63, 3.8) is 0 Å². The van der Waals surface area contributed by atoms with Crippen molar-refractivity contribution in [1.29, 1.82) is 0 Å². The van der Waals surface area contributed by atoms with Gasteiger partial charge in [-0.15, -0.1) is 21.5 Å². The number of aryl methyl sites for hydroxylation is 2. The molecule has 6 heterocycles. The maximum absolute atomic E-state index is 13.9. The summed E-state index contributed by atoms with van der Waals surface area (Å²) >= 11 is 7.93. The number of halogens is 1. The van der Waals surface area contributed by atoms with Crippen LogP contribution in [0.4, 0.5) is 5.69 Å². The van der Waals surface area contributed by atoms with E-state index in [1.54, 1.807) is 23.5 Å². The first-order valence-electron chi connectivity index (χ1n) is 19.4. The van der Waals surface area contributed by atoms with Crippen molar-refractivity contribution in [2.24, 2.45) is 4.99 Å². The molecule has 2 aromatic heterocycles. The molecule has 0 aliphatic carbocycles. The molecule has 4 amide bonds. The van der Waals surface area contributed by atoms with E-state index in [1.807, 2.05) is 42.2 Å². The zero-order valence-corrected chi connectivity index (χ0v) is 33.7. The molecule has 2 N–H and O–H groups in total. The van der Waals surface area contributed by atoms with Crippen LogP contribution in [0, 0.1) is 20.8 Å². The number of hydrogen-bond acceptors (Lipinski definition) is 11. The molecule has 8 rings (SSSR count). The Balaban J connectivity index is 0.842. The Labute approximate surface area is 339 Å². The Hall–Kier alpha value is -5.25. The van der Waals surface area contributed by atoms with Crippen LogP contribution >= 0.6 is 22.9 Å². The summed E-state index contributed by atoms with van der Waals surface area (Å²) in [7, 11) is 0. The van der Waals surface area contributed by atoms with Crippen LogP contribution in [0.1, 0.15) is 87.3 Å². The molecule has 0 bridgehead atoms. The number of fused-ring (bicyclic) bond motifs is 4. The van der Waals surface area contributed by atoms with Gasteiger partial charge in [-0.3, -0.25) is 43.7 Å². The van der Waals surface area contributed by atoms with Gasteiger partial charge in [-0.25, -0.2) is 0 Å². The van der Waals surface area contributed by atoms with Gasteiger partial charge in [0.15, 0.2) is 5.82 Å². The second kappa shape index (κ2) is 15.9. The summed E-state index contributed by atoms with van der Waals surface area (Å²) in [6.07, 6.45) is 1.66. The zero-order valence-electron chi connectivity index (χ0n) is 32.1. The molecule has 2 saturated heterocycles. The molecular formula is C41H44ClN9O5S. The number of imide groups is 1. The lowest BCUT2D eigenvalue weighted by Gasteiger charge is -2.34. The van der Waals surface area contributed by atoms with Gasteiger partial charge in [0.2, 0.25) is 17.7 Å². The lowest BCUT2D eigenvalue weighted by atomic mass is 9.99. The summed E-state index contributed by atoms with van der Waals surface area (Å²) in [4.78, 5) is 76.1. The van der Waals surface area contributed by atoms with Crippen molar-refractivity contribution >= 4 is 63.7 Å². The maximum atomic E-state index is 13.9.